The third-order valence-electron chi connectivity index (χ3n) is 3.47. The molecule has 0 saturated heterocycles. The highest BCUT2D eigenvalue weighted by molar-refractivity contribution is 6.33. The zero-order valence-corrected chi connectivity index (χ0v) is 13.2. The van der Waals surface area contributed by atoms with Crippen LogP contribution >= 0.6 is 11.6 Å². The predicted molar refractivity (Wildman–Crippen MR) is 86.7 cm³/mol. The SMILES string of the molecule is O=C(NCc1ccc2c(c1)OCCO2)c1cc([N+](=O)[O-])ccc1Cl. The van der Waals surface area contributed by atoms with Gasteiger partial charge in [-0.25, -0.2) is 0 Å². The van der Waals surface area contributed by atoms with Gasteiger partial charge in [0.25, 0.3) is 11.6 Å². The van der Waals surface area contributed by atoms with Gasteiger partial charge in [0, 0.05) is 18.7 Å². The zero-order valence-electron chi connectivity index (χ0n) is 12.5. The maximum absolute atomic E-state index is 12.2. The molecule has 1 heterocycles. The first-order valence-corrected chi connectivity index (χ1v) is 7.53. The van der Waals surface area contributed by atoms with Crippen molar-refractivity contribution in [3.05, 3.63) is 62.7 Å². The summed E-state index contributed by atoms with van der Waals surface area (Å²) < 4.78 is 10.9. The fourth-order valence-electron chi connectivity index (χ4n) is 2.28. The third kappa shape index (κ3) is 3.41. The van der Waals surface area contributed by atoms with Crippen molar-refractivity contribution < 1.29 is 19.2 Å². The Morgan fingerprint density at radius 1 is 1.17 bits per heavy atom. The highest BCUT2D eigenvalue weighted by Crippen LogP contribution is 2.30. The van der Waals surface area contributed by atoms with Gasteiger partial charge in [0.05, 0.1) is 15.5 Å². The second-order valence-electron chi connectivity index (χ2n) is 5.08. The summed E-state index contributed by atoms with van der Waals surface area (Å²) in [5.74, 6) is 0.804. The monoisotopic (exact) mass is 348 g/mol. The average Bonchev–Trinajstić information content (AvgIpc) is 2.59. The molecule has 1 aliphatic heterocycles. The Balaban J connectivity index is 1.72. The van der Waals surface area contributed by atoms with Gasteiger partial charge in [-0.05, 0) is 23.8 Å². The summed E-state index contributed by atoms with van der Waals surface area (Å²) in [5.41, 5.74) is 0.682. The molecule has 0 saturated carbocycles. The van der Waals surface area contributed by atoms with Crippen LogP contribution in [0.5, 0.6) is 11.5 Å². The topological polar surface area (TPSA) is 90.7 Å². The van der Waals surface area contributed by atoms with Gasteiger partial charge in [-0.3, -0.25) is 14.9 Å². The first-order chi connectivity index (χ1) is 11.5. The van der Waals surface area contributed by atoms with Gasteiger partial charge in [0.2, 0.25) is 0 Å². The molecule has 124 valence electrons. The molecule has 2 aromatic carbocycles. The van der Waals surface area contributed by atoms with Gasteiger partial charge in [0.1, 0.15) is 13.2 Å². The van der Waals surface area contributed by atoms with Crippen LogP contribution in [-0.4, -0.2) is 24.0 Å². The number of carbonyl (C=O) groups is 1. The molecule has 3 rings (SSSR count). The van der Waals surface area contributed by atoms with E-state index in [1.165, 1.54) is 12.1 Å². The number of nitro benzene ring substituents is 1. The van der Waals surface area contributed by atoms with Crippen molar-refractivity contribution in [1.29, 1.82) is 0 Å². The molecule has 2 aromatic rings. The summed E-state index contributed by atoms with van der Waals surface area (Å²) in [4.78, 5) is 22.5. The minimum Gasteiger partial charge on any atom is -0.486 e. The second kappa shape index (κ2) is 6.76. The lowest BCUT2D eigenvalue weighted by molar-refractivity contribution is -0.384. The summed E-state index contributed by atoms with van der Waals surface area (Å²) in [6, 6.07) is 9.10. The van der Waals surface area contributed by atoms with Gasteiger partial charge in [-0.1, -0.05) is 17.7 Å². The van der Waals surface area contributed by atoms with Crippen molar-refractivity contribution in [2.75, 3.05) is 13.2 Å². The molecule has 0 aliphatic carbocycles. The molecule has 24 heavy (non-hydrogen) atoms. The van der Waals surface area contributed by atoms with E-state index in [-0.39, 0.29) is 22.8 Å². The van der Waals surface area contributed by atoms with Crippen LogP contribution in [0, 0.1) is 10.1 Å². The van der Waals surface area contributed by atoms with Crippen LogP contribution in [0.15, 0.2) is 36.4 Å². The standard InChI is InChI=1S/C16H13ClN2O5/c17-13-3-2-11(19(21)22)8-12(13)16(20)18-9-10-1-4-14-15(7-10)24-6-5-23-14/h1-4,7-8H,5-6,9H2,(H,18,20). The van der Waals surface area contributed by atoms with E-state index in [4.69, 9.17) is 21.1 Å². The van der Waals surface area contributed by atoms with Crippen LogP contribution in [0.3, 0.4) is 0 Å². The first-order valence-electron chi connectivity index (χ1n) is 7.15. The fourth-order valence-corrected chi connectivity index (χ4v) is 2.48. The predicted octanol–water partition coefficient (Wildman–Crippen LogP) is 2.95. The van der Waals surface area contributed by atoms with E-state index < -0.39 is 10.8 Å². The van der Waals surface area contributed by atoms with Crippen molar-refractivity contribution in [2.24, 2.45) is 0 Å². The minimum atomic E-state index is -0.575. The summed E-state index contributed by atoms with van der Waals surface area (Å²) in [6.07, 6.45) is 0. The number of fused-ring (bicyclic) bond motifs is 1. The van der Waals surface area contributed by atoms with Crippen molar-refractivity contribution in [3.63, 3.8) is 0 Å². The fraction of sp³-hybridized carbons (Fsp3) is 0.188. The largest absolute Gasteiger partial charge is 0.486 e. The lowest BCUT2D eigenvalue weighted by Crippen LogP contribution is -2.23. The first kappa shape index (κ1) is 16.1. The zero-order chi connectivity index (χ0) is 17.1. The molecule has 1 aliphatic rings. The van der Waals surface area contributed by atoms with Crippen LogP contribution in [0.2, 0.25) is 5.02 Å². The number of benzene rings is 2. The molecule has 1 N–H and O–H groups in total. The minimum absolute atomic E-state index is 0.0587. The summed E-state index contributed by atoms with van der Waals surface area (Å²) in [6.45, 7) is 1.22. The van der Waals surface area contributed by atoms with E-state index in [1.807, 2.05) is 6.07 Å². The van der Waals surface area contributed by atoms with Gasteiger partial charge in [-0.2, -0.15) is 0 Å². The molecule has 0 spiro atoms. The molecule has 0 bridgehead atoms. The lowest BCUT2D eigenvalue weighted by atomic mass is 10.1. The molecular weight excluding hydrogens is 336 g/mol. The highest BCUT2D eigenvalue weighted by atomic mass is 35.5. The highest BCUT2D eigenvalue weighted by Gasteiger charge is 2.16. The van der Waals surface area contributed by atoms with Crippen molar-refractivity contribution in [3.8, 4) is 11.5 Å². The van der Waals surface area contributed by atoms with Crippen molar-refractivity contribution >= 4 is 23.2 Å². The number of carbonyl (C=O) groups excluding carboxylic acids is 1. The second-order valence-corrected chi connectivity index (χ2v) is 5.49. The number of nitrogens with one attached hydrogen (secondary N) is 1. The van der Waals surface area contributed by atoms with E-state index in [0.717, 1.165) is 11.6 Å². The van der Waals surface area contributed by atoms with Crippen LogP contribution in [0.1, 0.15) is 15.9 Å². The summed E-state index contributed by atoms with van der Waals surface area (Å²) >= 11 is 5.95. The average molecular weight is 349 g/mol. The van der Waals surface area contributed by atoms with E-state index >= 15 is 0 Å². The molecule has 0 radical (unpaired) electrons. The molecule has 0 atom stereocenters. The van der Waals surface area contributed by atoms with Gasteiger partial charge in [-0.15, -0.1) is 0 Å². The molecule has 0 aromatic heterocycles. The van der Waals surface area contributed by atoms with E-state index in [9.17, 15) is 14.9 Å². The number of halogens is 1. The normalized spacial score (nSPS) is 12.5. The molecular formula is C16H13ClN2O5. The Morgan fingerprint density at radius 2 is 1.92 bits per heavy atom. The smallest absolute Gasteiger partial charge is 0.270 e. The summed E-state index contributed by atoms with van der Waals surface area (Å²) in [5, 5.41) is 13.6. The van der Waals surface area contributed by atoms with Crippen molar-refractivity contribution in [1.82, 2.24) is 5.32 Å². The number of nitro groups is 1. The number of non-ortho nitro benzene ring substituents is 1. The molecule has 8 heteroatoms. The van der Waals surface area contributed by atoms with Gasteiger partial charge >= 0.3 is 0 Å². The lowest BCUT2D eigenvalue weighted by Gasteiger charge is -2.19. The van der Waals surface area contributed by atoms with Crippen LogP contribution in [0.4, 0.5) is 5.69 Å². The third-order valence-corrected chi connectivity index (χ3v) is 3.79. The molecule has 7 nitrogen and oxygen atoms in total. The summed E-state index contributed by atoms with van der Waals surface area (Å²) in [7, 11) is 0. The maximum Gasteiger partial charge on any atom is 0.270 e. The number of ether oxygens (including phenoxy) is 2. The molecule has 0 unspecified atom stereocenters. The van der Waals surface area contributed by atoms with E-state index in [1.54, 1.807) is 12.1 Å². The Hall–Kier alpha value is -2.80. The molecule has 1 amide bonds. The van der Waals surface area contributed by atoms with Crippen molar-refractivity contribution in [2.45, 2.75) is 6.54 Å². The Labute approximate surface area is 142 Å². The van der Waals surface area contributed by atoms with E-state index in [2.05, 4.69) is 5.32 Å². The van der Waals surface area contributed by atoms with Crippen LogP contribution < -0.4 is 14.8 Å². The number of amides is 1. The van der Waals surface area contributed by atoms with Crippen LogP contribution in [-0.2, 0) is 6.54 Å². The number of rotatable bonds is 4. The van der Waals surface area contributed by atoms with Gasteiger partial charge in [0.15, 0.2) is 11.5 Å². The molecule has 0 fully saturated rings. The number of nitrogens with zero attached hydrogens (tertiary/aromatic N) is 1. The van der Waals surface area contributed by atoms with Crippen LogP contribution in [0.25, 0.3) is 0 Å². The maximum atomic E-state index is 12.2. The quantitative estimate of drug-likeness (QED) is 0.677. The number of hydrogen-bond acceptors (Lipinski definition) is 5. The Bertz CT molecular complexity index is 809. The van der Waals surface area contributed by atoms with Gasteiger partial charge < -0.3 is 14.8 Å². The Morgan fingerprint density at radius 3 is 2.67 bits per heavy atom. The van der Waals surface area contributed by atoms with E-state index in [0.29, 0.717) is 24.7 Å². The Kier molecular flexibility index (Phi) is 4.52. The number of hydrogen-bond donors (Lipinski definition) is 1.